The third-order valence-electron chi connectivity index (χ3n) is 3.38. The van der Waals surface area contributed by atoms with Crippen LogP contribution in [0, 0.1) is 0 Å². The number of hydrogen-bond acceptors (Lipinski definition) is 3. The highest BCUT2D eigenvalue weighted by molar-refractivity contribution is 9.11. The maximum atomic E-state index is 10.2. The molecule has 3 nitrogen and oxygen atoms in total. The summed E-state index contributed by atoms with van der Waals surface area (Å²) in [5.41, 5.74) is 0.425. The number of benzene rings is 1. The molecule has 0 spiro atoms. The molecular formula is C14H21Br2NO2. The van der Waals surface area contributed by atoms with E-state index in [1.54, 1.807) is 7.11 Å². The Kier molecular flexibility index (Phi) is 6.80. The molecule has 0 amide bonds. The molecule has 0 unspecified atom stereocenters. The average Bonchev–Trinajstić information content (AvgIpc) is 2.38. The number of halogens is 2. The van der Waals surface area contributed by atoms with Crippen LogP contribution in [0.15, 0.2) is 21.1 Å². The van der Waals surface area contributed by atoms with Gasteiger partial charge in [-0.1, -0.05) is 29.8 Å². The largest absolute Gasteiger partial charge is 0.495 e. The van der Waals surface area contributed by atoms with Gasteiger partial charge in [-0.15, -0.1) is 0 Å². The quantitative estimate of drug-likeness (QED) is 0.737. The van der Waals surface area contributed by atoms with Crippen molar-refractivity contribution >= 4 is 31.9 Å². The van der Waals surface area contributed by atoms with Gasteiger partial charge in [0.15, 0.2) is 0 Å². The van der Waals surface area contributed by atoms with Gasteiger partial charge in [-0.2, -0.15) is 0 Å². The Hall–Kier alpha value is -0.100. The first-order valence-corrected chi connectivity index (χ1v) is 7.99. The number of nitrogens with one attached hydrogen (secondary N) is 1. The molecular weight excluding hydrogens is 374 g/mol. The number of hydrogen-bond donors (Lipinski definition) is 2. The van der Waals surface area contributed by atoms with E-state index >= 15 is 0 Å². The molecule has 1 rings (SSSR count). The van der Waals surface area contributed by atoms with Crippen molar-refractivity contribution in [1.29, 1.82) is 0 Å². The Labute approximate surface area is 132 Å². The van der Waals surface area contributed by atoms with Gasteiger partial charge in [0, 0.05) is 23.1 Å². The second-order valence-corrected chi connectivity index (χ2v) is 6.38. The van der Waals surface area contributed by atoms with Crippen LogP contribution in [0.1, 0.15) is 32.3 Å². The Morgan fingerprint density at radius 1 is 1.26 bits per heavy atom. The summed E-state index contributed by atoms with van der Waals surface area (Å²) in [7, 11) is 1.66. The molecule has 0 radical (unpaired) electrons. The summed E-state index contributed by atoms with van der Waals surface area (Å²) in [5, 5.41) is 13.5. The van der Waals surface area contributed by atoms with Crippen LogP contribution in [0.25, 0.3) is 0 Å². The molecule has 0 aliphatic carbocycles. The van der Waals surface area contributed by atoms with Gasteiger partial charge >= 0.3 is 0 Å². The summed E-state index contributed by atoms with van der Waals surface area (Å²) in [4.78, 5) is 0. The van der Waals surface area contributed by atoms with Crippen LogP contribution in [0.4, 0.5) is 0 Å². The molecule has 1 aromatic rings. The van der Waals surface area contributed by atoms with E-state index in [0.717, 1.165) is 33.1 Å². The van der Waals surface area contributed by atoms with E-state index < -0.39 is 5.60 Å². The normalized spacial score (nSPS) is 11.7. The van der Waals surface area contributed by atoms with Crippen LogP contribution in [-0.4, -0.2) is 24.4 Å². The summed E-state index contributed by atoms with van der Waals surface area (Å²) in [6, 6.07) is 3.98. The van der Waals surface area contributed by atoms with Gasteiger partial charge in [0.1, 0.15) is 5.75 Å². The molecule has 0 bridgehead atoms. The minimum absolute atomic E-state index is 0.577. The monoisotopic (exact) mass is 393 g/mol. The Balaban J connectivity index is 2.73. The van der Waals surface area contributed by atoms with Crippen LogP contribution in [0.5, 0.6) is 5.75 Å². The van der Waals surface area contributed by atoms with Crippen LogP contribution >= 0.6 is 31.9 Å². The minimum Gasteiger partial charge on any atom is -0.495 e. The van der Waals surface area contributed by atoms with Crippen molar-refractivity contribution in [3.63, 3.8) is 0 Å². The van der Waals surface area contributed by atoms with E-state index in [4.69, 9.17) is 4.74 Å². The third-order valence-corrected chi connectivity index (χ3v) is 4.42. The number of aliphatic hydroxyl groups is 1. The fraction of sp³-hybridized carbons (Fsp3) is 0.571. The lowest BCUT2D eigenvalue weighted by Crippen LogP contribution is -2.39. The summed E-state index contributed by atoms with van der Waals surface area (Å²) in [5.74, 6) is 0.826. The predicted molar refractivity (Wildman–Crippen MR) is 85.6 cm³/mol. The number of rotatable bonds is 7. The molecule has 19 heavy (non-hydrogen) atoms. The minimum atomic E-state index is -0.628. The molecule has 0 aromatic heterocycles. The van der Waals surface area contributed by atoms with Gasteiger partial charge in [0.2, 0.25) is 0 Å². The van der Waals surface area contributed by atoms with Gasteiger partial charge in [0.05, 0.1) is 17.2 Å². The van der Waals surface area contributed by atoms with Crippen molar-refractivity contribution in [3.05, 3.63) is 26.6 Å². The van der Waals surface area contributed by atoms with Crippen molar-refractivity contribution in [3.8, 4) is 5.75 Å². The molecule has 0 atom stereocenters. The lowest BCUT2D eigenvalue weighted by atomic mass is 9.97. The first kappa shape index (κ1) is 17.0. The van der Waals surface area contributed by atoms with E-state index in [1.165, 1.54) is 0 Å². The zero-order chi connectivity index (χ0) is 14.5. The molecule has 0 aliphatic rings. The van der Waals surface area contributed by atoms with Gasteiger partial charge in [0.25, 0.3) is 0 Å². The molecule has 2 N–H and O–H groups in total. The van der Waals surface area contributed by atoms with Gasteiger partial charge in [-0.3, -0.25) is 0 Å². The highest BCUT2D eigenvalue weighted by Crippen LogP contribution is 2.32. The van der Waals surface area contributed by atoms with Crippen molar-refractivity contribution < 1.29 is 9.84 Å². The van der Waals surface area contributed by atoms with Crippen LogP contribution < -0.4 is 10.1 Å². The molecule has 0 fully saturated rings. The third kappa shape index (κ3) is 4.74. The summed E-state index contributed by atoms with van der Waals surface area (Å²) < 4.78 is 7.31. The fourth-order valence-corrected chi connectivity index (χ4v) is 3.38. The van der Waals surface area contributed by atoms with Crippen LogP contribution in [0.2, 0.25) is 0 Å². The Morgan fingerprint density at radius 3 is 2.42 bits per heavy atom. The number of methoxy groups -OCH3 is 1. The van der Waals surface area contributed by atoms with E-state index in [1.807, 2.05) is 26.0 Å². The van der Waals surface area contributed by atoms with Gasteiger partial charge in [-0.25, -0.2) is 0 Å². The standard InChI is InChI=1S/C14H21Br2NO2/c1-4-14(18,5-2)9-17-8-10-6-11(15)7-12(16)13(10)19-3/h6-7,17-18H,4-5,8-9H2,1-3H3. The molecule has 5 heteroatoms. The first-order valence-electron chi connectivity index (χ1n) is 6.40. The lowest BCUT2D eigenvalue weighted by molar-refractivity contribution is 0.0322. The zero-order valence-corrected chi connectivity index (χ0v) is 14.8. The van der Waals surface area contributed by atoms with Crippen molar-refractivity contribution in [2.24, 2.45) is 0 Å². The van der Waals surface area contributed by atoms with Crippen LogP contribution in [0.3, 0.4) is 0 Å². The highest BCUT2D eigenvalue weighted by atomic mass is 79.9. The molecule has 0 aliphatic heterocycles. The molecule has 108 valence electrons. The van der Waals surface area contributed by atoms with E-state index in [-0.39, 0.29) is 0 Å². The summed E-state index contributed by atoms with van der Waals surface area (Å²) in [6.07, 6.45) is 1.49. The summed E-state index contributed by atoms with van der Waals surface area (Å²) >= 11 is 6.96. The second-order valence-electron chi connectivity index (χ2n) is 4.61. The van der Waals surface area contributed by atoms with Gasteiger partial charge in [-0.05, 0) is 40.9 Å². The van der Waals surface area contributed by atoms with Crippen molar-refractivity contribution in [2.75, 3.05) is 13.7 Å². The SMILES string of the molecule is CCC(O)(CC)CNCc1cc(Br)cc(Br)c1OC. The second kappa shape index (κ2) is 7.62. The zero-order valence-electron chi connectivity index (χ0n) is 11.6. The first-order chi connectivity index (χ1) is 8.95. The van der Waals surface area contributed by atoms with E-state index in [0.29, 0.717) is 13.1 Å². The maximum absolute atomic E-state index is 10.2. The van der Waals surface area contributed by atoms with E-state index in [9.17, 15) is 5.11 Å². The Morgan fingerprint density at radius 2 is 1.89 bits per heavy atom. The lowest BCUT2D eigenvalue weighted by Gasteiger charge is -2.25. The van der Waals surface area contributed by atoms with Crippen molar-refractivity contribution in [2.45, 2.75) is 38.8 Å². The Bertz CT molecular complexity index is 420. The summed E-state index contributed by atoms with van der Waals surface area (Å²) in [6.45, 7) is 5.24. The predicted octanol–water partition coefficient (Wildman–Crippen LogP) is 3.86. The molecule has 0 saturated heterocycles. The number of ether oxygens (including phenoxy) is 1. The topological polar surface area (TPSA) is 41.5 Å². The maximum Gasteiger partial charge on any atom is 0.137 e. The molecule has 0 saturated carbocycles. The average molecular weight is 395 g/mol. The van der Waals surface area contributed by atoms with E-state index in [2.05, 4.69) is 37.2 Å². The highest BCUT2D eigenvalue weighted by Gasteiger charge is 2.21. The van der Waals surface area contributed by atoms with Crippen molar-refractivity contribution in [1.82, 2.24) is 5.32 Å². The fourth-order valence-electron chi connectivity index (χ4n) is 1.90. The molecule has 0 heterocycles. The van der Waals surface area contributed by atoms with Gasteiger partial charge < -0.3 is 15.2 Å². The smallest absolute Gasteiger partial charge is 0.137 e. The molecule has 1 aromatic carbocycles. The van der Waals surface area contributed by atoms with Crippen LogP contribution in [-0.2, 0) is 6.54 Å².